The number of rotatable bonds is 8. The third kappa shape index (κ3) is 11.2. The topological polar surface area (TPSA) is 75.2 Å². The van der Waals surface area contributed by atoms with Gasteiger partial charge in [0, 0.05) is 33.3 Å². The van der Waals surface area contributed by atoms with Gasteiger partial charge >= 0.3 is 6.09 Å². The molecule has 130 valence electrons. The van der Waals surface area contributed by atoms with Crippen molar-refractivity contribution in [1.29, 1.82) is 0 Å². The van der Waals surface area contributed by atoms with Crippen LogP contribution in [0.2, 0.25) is 0 Å². The van der Waals surface area contributed by atoms with E-state index in [1.165, 1.54) is 0 Å². The van der Waals surface area contributed by atoms with Gasteiger partial charge in [-0.05, 0) is 34.6 Å². The Hall–Kier alpha value is -1.50. The molecule has 0 aromatic carbocycles. The van der Waals surface area contributed by atoms with E-state index in [0.29, 0.717) is 32.8 Å². The number of hydrogen-bond donors (Lipinski definition) is 2. The predicted octanol–water partition coefficient (Wildman–Crippen LogP) is 1.44. The lowest BCUT2D eigenvalue weighted by Crippen LogP contribution is -2.43. The number of amides is 1. The number of guanidine groups is 1. The second-order valence-corrected chi connectivity index (χ2v) is 5.79. The van der Waals surface area contributed by atoms with E-state index < -0.39 is 5.60 Å². The molecule has 0 spiro atoms. The molecule has 7 heteroatoms. The van der Waals surface area contributed by atoms with Crippen LogP contribution in [-0.4, -0.2) is 69.0 Å². The predicted molar refractivity (Wildman–Crippen MR) is 89.3 cm³/mol. The summed E-state index contributed by atoms with van der Waals surface area (Å²) in [5.74, 6) is 0.722. The van der Waals surface area contributed by atoms with E-state index >= 15 is 0 Å². The molecule has 0 atom stereocenters. The van der Waals surface area contributed by atoms with E-state index in [9.17, 15) is 4.79 Å². The van der Waals surface area contributed by atoms with Crippen molar-refractivity contribution in [2.24, 2.45) is 4.99 Å². The van der Waals surface area contributed by atoms with Crippen LogP contribution < -0.4 is 10.6 Å². The molecule has 0 saturated carbocycles. The maximum Gasteiger partial charge on any atom is 0.410 e. The van der Waals surface area contributed by atoms with E-state index in [2.05, 4.69) is 15.6 Å². The van der Waals surface area contributed by atoms with Gasteiger partial charge in [-0.25, -0.2) is 4.79 Å². The molecule has 0 aliphatic carbocycles. The maximum atomic E-state index is 11.8. The lowest BCUT2D eigenvalue weighted by Gasteiger charge is -2.24. The highest BCUT2D eigenvalue weighted by Crippen LogP contribution is 2.08. The van der Waals surface area contributed by atoms with E-state index in [0.717, 1.165) is 12.5 Å². The Kier molecular flexibility index (Phi) is 10.4. The molecule has 0 bridgehead atoms. The van der Waals surface area contributed by atoms with Crippen molar-refractivity contribution in [1.82, 2.24) is 15.5 Å². The summed E-state index contributed by atoms with van der Waals surface area (Å²) in [6.07, 6.45) is -0.326. The number of hydrogen-bond acceptors (Lipinski definition) is 4. The van der Waals surface area contributed by atoms with Crippen molar-refractivity contribution < 1.29 is 14.3 Å². The Morgan fingerprint density at radius 2 is 1.91 bits per heavy atom. The molecule has 0 fully saturated rings. The summed E-state index contributed by atoms with van der Waals surface area (Å²) in [7, 11) is 1.72. The molecule has 0 aromatic rings. The van der Waals surface area contributed by atoms with Crippen LogP contribution in [0.15, 0.2) is 4.99 Å². The van der Waals surface area contributed by atoms with Crippen LogP contribution in [0.25, 0.3) is 0 Å². The first-order chi connectivity index (χ1) is 10.3. The molecule has 0 aliphatic heterocycles. The molecule has 0 aliphatic rings. The Balaban J connectivity index is 4.12. The minimum Gasteiger partial charge on any atom is -0.444 e. The normalized spacial score (nSPS) is 12.0. The van der Waals surface area contributed by atoms with Gasteiger partial charge in [-0.1, -0.05) is 0 Å². The molecular weight excluding hydrogens is 284 g/mol. The first-order valence-electron chi connectivity index (χ1n) is 7.84. The van der Waals surface area contributed by atoms with Gasteiger partial charge in [-0.3, -0.25) is 4.99 Å². The molecule has 22 heavy (non-hydrogen) atoms. The SMILES string of the molecule is CCNC(=NCCOCC)NCCN(C)C(=O)OC(C)(C)C. The molecule has 7 nitrogen and oxygen atoms in total. The second-order valence-electron chi connectivity index (χ2n) is 5.79. The Morgan fingerprint density at radius 1 is 1.23 bits per heavy atom. The maximum absolute atomic E-state index is 11.8. The van der Waals surface area contributed by atoms with Gasteiger partial charge in [0.1, 0.15) is 5.60 Å². The minimum atomic E-state index is -0.478. The van der Waals surface area contributed by atoms with Crippen molar-refractivity contribution >= 4 is 12.1 Å². The molecule has 0 saturated heterocycles. The highest BCUT2D eigenvalue weighted by Gasteiger charge is 2.19. The number of nitrogens with one attached hydrogen (secondary N) is 2. The van der Waals surface area contributed by atoms with E-state index in [1.807, 2.05) is 34.6 Å². The van der Waals surface area contributed by atoms with Gasteiger partial charge in [0.15, 0.2) is 5.96 Å². The standard InChI is InChI=1S/C15H32N4O3/c1-7-16-13(18-10-12-21-8-2)17-9-11-19(6)14(20)22-15(3,4)5/h7-12H2,1-6H3,(H2,16,17,18). The summed E-state index contributed by atoms with van der Waals surface area (Å²) in [5.41, 5.74) is -0.478. The molecule has 0 rings (SSSR count). The zero-order valence-electron chi connectivity index (χ0n) is 14.9. The van der Waals surface area contributed by atoms with E-state index in [1.54, 1.807) is 11.9 Å². The van der Waals surface area contributed by atoms with Gasteiger partial charge in [0.05, 0.1) is 13.2 Å². The van der Waals surface area contributed by atoms with Crippen molar-refractivity contribution in [3.8, 4) is 0 Å². The van der Waals surface area contributed by atoms with Gasteiger partial charge in [0.2, 0.25) is 0 Å². The third-order valence-corrected chi connectivity index (χ3v) is 2.50. The smallest absolute Gasteiger partial charge is 0.410 e. The quantitative estimate of drug-likeness (QED) is 0.403. The number of likely N-dealkylation sites (N-methyl/N-ethyl adjacent to an activating group) is 1. The highest BCUT2D eigenvalue weighted by atomic mass is 16.6. The summed E-state index contributed by atoms with van der Waals surface area (Å²) in [6, 6.07) is 0. The average Bonchev–Trinajstić information content (AvgIpc) is 2.41. The van der Waals surface area contributed by atoms with Crippen molar-refractivity contribution in [3.63, 3.8) is 0 Å². The zero-order valence-corrected chi connectivity index (χ0v) is 14.9. The van der Waals surface area contributed by atoms with Gasteiger partial charge in [-0.2, -0.15) is 0 Å². The zero-order chi connectivity index (χ0) is 17.0. The summed E-state index contributed by atoms with van der Waals surface area (Å²) in [4.78, 5) is 17.7. The lowest BCUT2D eigenvalue weighted by molar-refractivity contribution is 0.0302. The number of nitrogens with zero attached hydrogens (tertiary/aromatic N) is 2. The number of ether oxygens (including phenoxy) is 2. The number of carbonyl (C=O) groups is 1. The molecule has 1 amide bonds. The highest BCUT2D eigenvalue weighted by molar-refractivity contribution is 5.79. The fourth-order valence-corrected chi connectivity index (χ4v) is 1.48. The van der Waals surface area contributed by atoms with Crippen LogP contribution in [0.1, 0.15) is 34.6 Å². The molecular formula is C15H32N4O3. The van der Waals surface area contributed by atoms with E-state index in [-0.39, 0.29) is 6.09 Å². The van der Waals surface area contributed by atoms with Crippen LogP contribution in [0.5, 0.6) is 0 Å². The largest absolute Gasteiger partial charge is 0.444 e. The van der Waals surface area contributed by atoms with Gasteiger partial charge < -0.3 is 25.0 Å². The first kappa shape index (κ1) is 20.5. The Morgan fingerprint density at radius 3 is 2.45 bits per heavy atom. The fraction of sp³-hybridized carbons (Fsp3) is 0.867. The number of carbonyl (C=O) groups excluding carboxylic acids is 1. The summed E-state index contributed by atoms with van der Waals surface area (Å²) in [5, 5.41) is 6.33. The molecule has 0 radical (unpaired) electrons. The Labute approximate surface area is 134 Å². The molecule has 2 N–H and O–H groups in total. The van der Waals surface area contributed by atoms with Crippen LogP contribution >= 0.6 is 0 Å². The molecule has 0 unspecified atom stereocenters. The van der Waals surface area contributed by atoms with Gasteiger partial charge in [-0.15, -0.1) is 0 Å². The molecule has 0 aromatic heterocycles. The van der Waals surface area contributed by atoms with Crippen LogP contribution in [0.4, 0.5) is 4.79 Å². The van der Waals surface area contributed by atoms with Crippen molar-refractivity contribution in [3.05, 3.63) is 0 Å². The lowest BCUT2D eigenvalue weighted by atomic mass is 10.2. The van der Waals surface area contributed by atoms with Crippen LogP contribution in [0, 0.1) is 0 Å². The summed E-state index contributed by atoms with van der Waals surface area (Å²) < 4.78 is 10.5. The van der Waals surface area contributed by atoms with Crippen LogP contribution in [0.3, 0.4) is 0 Å². The van der Waals surface area contributed by atoms with E-state index in [4.69, 9.17) is 9.47 Å². The van der Waals surface area contributed by atoms with Gasteiger partial charge in [0.25, 0.3) is 0 Å². The van der Waals surface area contributed by atoms with Crippen LogP contribution in [-0.2, 0) is 9.47 Å². The number of aliphatic imine (C=N–C) groups is 1. The summed E-state index contributed by atoms with van der Waals surface area (Å²) >= 11 is 0. The van der Waals surface area contributed by atoms with Crippen molar-refractivity contribution in [2.45, 2.75) is 40.2 Å². The first-order valence-corrected chi connectivity index (χ1v) is 7.84. The second kappa shape index (κ2) is 11.1. The monoisotopic (exact) mass is 316 g/mol. The fourth-order valence-electron chi connectivity index (χ4n) is 1.48. The molecule has 0 heterocycles. The minimum absolute atomic E-state index is 0.326. The Bertz CT molecular complexity index is 340. The van der Waals surface area contributed by atoms with Crippen molar-refractivity contribution in [2.75, 3.05) is 46.4 Å². The summed E-state index contributed by atoms with van der Waals surface area (Å²) in [6.45, 7) is 13.3. The average molecular weight is 316 g/mol. The third-order valence-electron chi connectivity index (χ3n) is 2.50.